The number of carboxylic acid groups (broad SMARTS) is 1. The topological polar surface area (TPSA) is 81.4 Å². The summed E-state index contributed by atoms with van der Waals surface area (Å²) in [4.78, 5) is 27.7. The van der Waals surface area contributed by atoms with Gasteiger partial charge in [-0.05, 0) is 12.0 Å². The summed E-state index contributed by atoms with van der Waals surface area (Å²) < 4.78 is 6.98. The van der Waals surface area contributed by atoms with Crippen LogP contribution in [0.2, 0.25) is 0 Å². The number of rotatable bonds is 3. The highest BCUT2D eigenvalue weighted by atomic mass is 16.5. The van der Waals surface area contributed by atoms with E-state index in [0.717, 1.165) is 5.56 Å². The zero-order valence-electron chi connectivity index (χ0n) is 12.5. The molecule has 0 aliphatic carbocycles. The molecule has 6 nitrogen and oxygen atoms in total. The average Bonchev–Trinajstić information content (AvgIpc) is 2.78. The first-order valence-corrected chi connectivity index (χ1v) is 6.98. The van der Waals surface area contributed by atoms with E-state index in [1.807, 2.05) is 24.5 Å². The lowest BCUT2D eigenvalue weighted by Crippen LogP contribution is -2.20. The minimum Gasteiger partial charge on any atom is -0.481 e. The molecule has 0 amide bonds. The fraction of sp³-hybridized carbons (Fsp3) is 0.312. The van der Waals surface area contributed by atoms with Crippen LogP contribution in [0.1, 0.15) is 35.8 Å². The molecular formula is C16H16N2O4. The maximum atomic E-state index is 12.0. The van der Waals surface area contributed by atoms with Crippen LogP contribution in [0.4, 0.5) is 0 Å². The minimum atomic E-state index is -1.22. The number of carbonyl (C=O) groups is 1. The largest absolute Gasteiger partial charge is 0.481 e. The first-order valence-electron chi connectivity index (χ1n) is 6.98. The molecule has 0 saturated heterocycles. The number of nitrogens with zero attached hydrogens (tertiary/aromatic N) is 2. The molecule has 0 saturated carbocycles. The maximum Gasteiger partial charge on any atom is 0.341 e. The van der Waals surface area contributed by atoms with Crippen LogP contribution < -0.4 is 10.2 Å². The average molecular weight is 300 g/mol. The number of pyridine rings is 2. The lowest BCUT2D eigenvalue weighted by atomic mass is 9.97. The standard InChI is InChI=1S/C16H16N2O4/c1-8(2)15-9-4-5-13(22-3)17-14(9)11-6-12(19)10(16(20)21)7-18(11)15/h4-8,15H,1-3H3,(H,20,21)/t15-/m1/s1. The van der Waals surface area contributed by atoms with E-state index in [-0.39, 0.29) is 17.5 Å². The molecule has 0 spiro atoms. The number of fused-ring (bicyclic) bond motifs is 3. The minimum absolute atomic E-state index is 0.0536. The van der Waals surface area contributed by atoms with Crippen molar-refractivity contribution in [1.82, 2.24) is 9.55 Å². The summed E-state index contributed by atoms with van der Waals surface area (Å²) in [6.45, 7) is 4.10. The van der Waals surface area contributed by atoms with Gasteiger partial charge in [0.05, 0.1) is 24.5 Å². The van der Waals surface area contributed by atoms with Crippen LogP contribution in [0, 0.1) is 5.92 Å². The van der Waals surface area contributed by atoms with Gasteiger partial charge in [0.2, 0.25) is 5.88 Å². The summed E-state index contributed by atoms with van der Waals surface area (Å²) in [5, 5.41) is 9.17. The van der Waals surface area contributed by atoms with Crippen LogP contribution in [0.5, 0.6) is 5.88 Å². The summed E-state index contributed by atoms with van der Waals surface area (Å²) >= 11 is 0. The van der Waals surface area contributed by atoms with Crippen molar-refractivity contribution in [2.75, 3.05) is 7.11 Å². The van der Waals surface area contributed by atoms with Crippen molar-refractivity contribution in [2.24, 2.45) is 5.92 Å². The molecule has 1 aliphatic rings. The van der Waals surface area contributed by atoms with Crippen molar-refractivity contribution < 1.29 is 14.6 Å². The number of ether oxygens (including phenoxy) is 1. The van der Waals surface area contributed by atoms with Crippen LogP contribution >= 0.6 is 0 Å². The van der Waals surface area contributed by atoms with Gasteiger partial charge in [-0.3, -0.25) is 4.79 Å². The Balaban J connectivity index is 2.31. The van der Waals surface area contributed by atoms with Gasteiger partial charge in [0.15, 0.2) is 5.43 Å². The summed E-state index contributed by atoms with van der Waals surface area (Å²) in [5.74, 6) is -0.534. The predicted octanol–water partition coefficient (Wildman–Crippen LogP) is 2.18. The Morgan fingerprint density at radius 1 is 1.41 bits per heavy atom. The van der Waals surface area contributed by atoms with Crippen LogP contribution in [0.15, 0.2) is 29.2 Å². The van der Waals surface area contributed by atoms with E-state index in [1.54, 1.807) is 6.07 Å². The number of carboxylic acids is 1. The number of aromatic carboxylic acids is 1. The van der Waals surface area contributed by atoms with Crippen LogP contribution in [0.3, 0.4) is 0 Å². The Bertz CT molecular complexity index is 823. The van der Waals surface area contributed by atoms with E-state index >= 15 is 0 Å². The molecule has 0 unspecified atom stereocenters. The fourth-order valence-electron chi connectivity index (χ4n) is 2.97. The number of methoxy groups -OCH3 is 1. The zero-order valence-corrected chi connectivity index (χ0v) is 12.5. The predicted molar refractivity (Wildman–Crippen MR) is 80.4 cm³/mol. The Labute approximate surface area is 127 Å². The molecule has 2 aromatic heterocycles. The van der Waals surface area contributed by atoms with Gasteiger partial charge in [0, 0.05) is 23.9 Å². The van der Waals surface area contributed by atoms with Gasteiger partial charge in [-0.25, -0.2) is 9.78 Å². The highest BCUT2D eigenvalue weighted by Crippen LogP contribution is 2.42. The van der Waals surface area contributed by atoms with Gasteiger partial charge in [-0.1, -0.05) is 13.8 Å². The number of hydrogen-bond donors (Lipinski definition) is 1. The van der Waals surface area contributed by atoms with E-state index in [2.05, 4.69) is 4.98 Å². The third kappa shape index (κ3) is 1.99. The van der Waals surface area contributed by atoms with Gasteiger partial charge in [0.25, 0.3) is 0 Å². The second kappa shape index (κ2) is 4.98. The quantitative estimate of drug-likeness (QED) is 0.939. The third-order valence-electron chi connectivity index (χ3n) is 3.91. The molecule has 1 atom stereocenters. The monoisotopic (exact) mass is 300 g/mol. The first-order chi connectivity index (χ1) is 10.4. The van der Waals surface area contributed by atoms with Crippen molar-refractivity contribution >= 4 is 5.97 Å². The smallest absolute Gasteiger partial charge is 0.341 e. The molecule has 0 aromatic carbocycles. The molecule has 22 heavy (non-hydrogen) atoms. The number of aromatic nitrogens is 2. The van der Waals surface area contributed by atoms with Gasteiger partial charge < -0.3 is 14.4 Å². The summed E-state index contributed by atoms with van der Waals surface area (Å²) in [6.07, 6.45) is 1.42. The molecule has 1 aliphatic heterocycles. The van der Waals surface area contributed by atoms with E-state index in [0.29, 0.717) is 17.3 Å². The summed E-state index contributed by atoms with van der Waals surface area (Å²) in [6, 6.07) is 4.99. The van der Waals surface area contributed by atoms with E-state index < -0.39 is 11.4 Å². The Morgan fingerprint density at radius 2 is 2.14 bits per heavy atom. The van der Waals surface area contributed by atoms with E-state index in [1.165, 1.54) is 19.4 Å². The van der Waals surface area contributed by atoms with Crippen LogP contribution in [-0.2, 0) is 0 Å². The molecule has 0 fully saturated rings. The summed E-state index contributed by atoms with van der Waals surface area (Å²) in [5.41, 5.74) is 1.53. The highest BCUT2D eigenvalue weighted by molar-refractivity contribution is 5.87. The molecule has 0 radical (unpaired) electrons. The van der Waals surface area contributed by atoms with Gasteiger partial charge in [0.1, 0.15) is 5.56 Å². The highest BCUT2D eigenvalue weighted by Gasteiger charge is 2.32. The summed E-state index contributed by atoms with van der Waals surface area (Å²) in [7, 11) is 1.53. The molecule has 114 valence electrons. The van der Waals surface area contributed by atoms with Crippen molar-refractivity contribution in [1.29, 1.82) is 0 Å². The van der Waals surface area contributed by atoms with Crippen molar-refractivity contribution in [3.8, 4) is 17.3 Å². The van der Waals surface area contributed by atoms with Crippen molar-refractivity contribution in [2.45, 2.75) is 19.9 Å². The van der Waals surface area contributed by atoms with Crippen molar-refractivity contribution in [3.05, 3.63) is 45.7 Å². The maximum absolute atomic E-state index is 12.0. The van der Waals surface area contributed by atoms with Gasteiger partial charge in [-0.2, -0.15) is 0 Å². The molecule has 2 aromatic rings. The van der Waals surface area contributed by atoms with Crippen LogP contribution in [0.25, 0.3) is 11.4 Å². The third-order valence-corrected chi connectivity index (χ3v) is 3.91. The van der Waals surface area contributed by atoms with Crippen LogP contribution in [-0.4, -0.2) is 27.7 Å². The fourth-order valence-corrected chi connectivity index (χ4v) is 2.97. The SMILES string of the molecule is COc1ccc2c(n1)-c1cc(=O)c(C(=O)O)cn1[C@@H]2C(C)C. The first kappa shape index (κ1) is 14.3. The second-order valence-corrected chi connectivity index (χ2v) is 5.63. The van der Waals surface area contributed by atoms with E-state index in [4.69, 9.17) is 4.74 Å². The molecule has 0 bridgehead atoms. The Kier molecular flexibility index (Phi) is 3.24. The lowest BCUT2D eigenvalue weighted by molar-refractivity contribution is 0.0694. The Hall–Kier alpha value is -2.63. The lowest BCUT2D eigenvalue weighted by Gasteiger charge is -2.20. The van der Waals surface area contributed by atoms with Crippen molar-refractivity contribution in [3.63, 3.8) is 0 Å². The molecular weight excluding hydrogens is 284 g/mol. The normalized spacial score (nSPS) is 15.5. The second-order valence-electron chi connectivity index (χ2n) is 5.63. The van der Waals surface area contributed by atoms with Gasteiger partial charge >= 0.3 is 5.97 Å². The molecule has 6 heteroatoms. The Morgan fingerprint density at radius 3 is 2.73 bits per heavy atom. The molecule has 1 N–H and O–H groups in total. The molecule has 3 rings (SSSR count). The zero-order chi connectivity index (χ0) is 16.0. The molecule has 3 heterocycles. The number of hydrogen-bond acceptors (Lipinski definition) is 4. The van der Waals surface area contributed by atoms with E-state index in [9.17, 15) is 14.7 Å². The van der Waals surface area contributed by atoms with Gasteiger partial charge in [-0.15, -0.1) is 0 Å².